The summed E-state index contributed by atoms with van der Waals surface area (Å²) in [5.41, 5.74) is 4.75. The first kappa shape index (κ1) is 15.5. The maximum absolute atomic E-state index is 11.8. The molecular weight excluding hydrogens is 304 g/mol. The van der Waals surface area contributed by atoms with Gasteiger partial charge in [-0.1, -0.05) is 42.5 Å². The van der Waals surface area contributed by atoms with Crippen molar-refractivity contribution >= 4 is 12.2 Å². The molecule has 6 nitrogen and oxygen atoms in total. The molecule has 6 heteroatoms. The molecule has 3 rings (SSSR count). The molecule has 1 aromatic heterocycles. The number of para-hydroxylation sites is 1. The van der Waals surface area contributed by atoms with Gasteiger partial charge in [0.25, 0.3) is 5.56 Å². The Bertz CT molecular complexity index is 904. The zero-order valence-electron chi connectivity index (χ0n) is 13.1. The largest absolute Gasteiger partial charge is 0.496 e. The SMILES string of the molecule is COc1ccccc1/C=N\Nc1nc(-c2ccccc2)cc(=O)[nH]1. The van der Waals surface area contributed by atoms with Crippen LogP contribution in [-0.4, -0.2) is 23.3 Å². The Balaban J connectivity index is 1.82. The van der Waals surface area contributed by atoms with E-state index in [0.29, 0.717) is 11.4 Å². The minimum Gasteiger partial charge on any atom is -0.496 e. The molecule has 2 N–H and O–H groups in total. The number of H-pyrrole nitrogens is 1. The lowest BCUT2D eigenvalue weighted by Gasteiger charge is -2.05. The van der Waals surface area contributed by atoms with Gasteiger partial charge in [-0.15, -0.1) is 0 Å². The molecule has 0 saturated carbocycles. The van der Waals surface area contributed by atoms with Gasteiger partial charge in [-0.25, -0.2) is 10.4 Å². The monoisotopic (exact) mass is 320 g/mol. The second-order valence-corrected chi connectivity index (χ2v) is 4.96. The van der Waals surface area contributed by atoms with E-state index in [-0.39, 0.29) is 11.5 Å². The number of hydrazone groups is 1. The Morgan fingerprint density at radius 2 is 1.88 bits per heavy atom. The Morgan fingerprint density at radius 3 is 2.67 bits per heavy atom. The van der Waals surface area contributed by atoms with Crippen LogP contribution in [0.5, 0.6) is 5.75 Å². The number of hydrogen-bond donors (Lipinski definition) is 2. The molecule has 0 bridgehead atoms. The summed E-state index contributed by atoms with van der Waals surface area (Å²) in [5, 5.41) is 4.11. The van der Waals surface area contributed by atoms with E-state index in [2.05, 4.69) is 20.5 Å². The summed E-state index contributed by atoms with van der Waals surface area (Å²) in [6.45, 7) is 0. The predicted octanol–water partition coefficient (Wildman–Crippen LogP) is 2.89. The number of aromatic amines is 1. The van der Waals surface area contributed by atoms with Crippen LogP contribution in [0.3, 0.4) is 0 Å². The quantitative estimate of drug-likeness (QED) is 0.559. The van der Waals surface area contributed by atoms with Crippen LogP contribution in [0.4, 0.5) is 5.95 Å². The van der Waals surface area contributed by atoms with Crippen LogP contribution in [0.1, 0.15) is 5.56 Å². The third kappa shape index (κ3) is 3.67. The van der Waals surface area contributed by atoms with Crippen LogP contribution in [0.25, 0.3) is 11.3 Å². The minimum atomic E-state index is -0.251. The van der Waals surface area contributed by atoms with Gasteiger partial charge in [-0.05, 0) is 12.1 Å². The van der Waals surface area contributed by atoms with E-state index < -0.39 is 0 Å². The highest BCUT2D eigenvalue weighted by Gasteiger charge is 2.03. The number of hydrogen-bond acceptors (Lipinski definition) is 5. The van der Waals surface area contributed by atoms with E-state index in [1.54, 1.807) is 13.3 Å². The summed E-state index contributed by atoms with van der Waals surface area (Å²) < 4.78 is 5.25. The lowest BCUT2D eigenvalue weighted by Crippen LogP contribution is -2.10. The lowest BCUT2D eigenvalue weighted by molar-refractivity contribution is 0.414. The van der Waals surface area contributed by atoms with E-state index in [0.717, 1.165) is 11.1 Å². The summed E-state index contributed by atoms with van der Waals surface area (Å²) in [7, 11) is 1.60. The van der Waals surface area contributed by atoms with Gasteiger partial charge in [-0.3, -0.25) is 9.78 Å². The maximum Gasteiger partial charge on any atom is 0.252 e. The number of methoxy groups -OCH3 is 1. The average molecular weight is 320 g/mol. The highest BCUT2D eigenvalue weighted by molar-refractivity contribution is 5.83. The van der Waals surface area contributed by atoms with Crippen LogP contribution >= 0.6 is 0 Å². The average Bonchev–Trinajstić information content (AvgIpc) is 2.62. The van der Waals surface area contributed by atoms with Crippen molar-refractivity contribution in [3.63, 3.8) is 0 Å². The van der Waals surface area contributed by atoms with E-state index in [4.69, 9.17) is 4.74 Å². The maximum atomic E-state index is 11.8. The normalized spacial score (nSPS) is 10.7. The minimum absolute atomic E-state index is 0.251. The number of rotatable bonds is 5. The molecular formula is C18H16N4O2. The fraction of sp³-hybridized carbons (Fsp3) is 0.0556. The molecule has 0 aliphatic heterocycles. The van der Waals surface area contributed by atoms with E-state index in [9.17, 15) is 4.79 Å². The van der Waals surface area contributed by atoms with Crippen molar-refractivity contribution in [3.8, 4) is 17.0 Å². The lowest BCUT2D eigenvalue weighted by atomic mass is 10.1. The molecule has 1 heterocycles. The van der Waals surface area contributed by atoms with Crippen molar-refractivity contribution < 1.29 is 4.74 Å². The van der Waals surface area contributed by atoms with Gasteiger partial charge in [0.05, 0.1) is 19.0 Å². The number of aromatic nitrogens is 2. The number of ether oxygens (including phenoxy) is 1. The standard InChI is InChI=1S/C18H16N4O2/c1-24-16-10-6-5-9-14(16)12-19-22-18-20-15(11-17(23)21-18)13-7-3-2-4-8-13/h2-12H,1H3,(H2,20,21,22,23)/b19-12-. The summed E-state index contributed by atoms with van der Waals surface area (Å²) in [5.74, 6) is 0.982. The second kappa shape index (κ2) is 7.23. The zero-order valence-corrected chi connectivity index (χ0v) is 13.1. The molecule has 0 fully saturated rings. The molecule has 0 amide bonds. The van der Waals surface area contributed by atoms with Gasteiger partial charge in [0.15, 0.2) is 0 Å². The highest BCUT2D eigenvalue weighted by atomic mass is 16.5. The second-order valence-electron chi connectivity index (χ2n) is 4.96. The molecule has 0 radical (unpaired) electrons. The van der Waals surface area contributed by atoms with Crippen molar-refractivity contribution in [2.45, 2.75) is 0 Å². The number of benzene rings is 2. The van der Waals surface area contributed by atoms with Gasteiger partial charge in [0.2, 0.25) is 5.95 Å². The van der Waals surface area contributed by atoms with Crippen LogP contribution in [0, 0.1) is 0 Å². The summed E-state index contributed by atoms with van der Waals surface area (Å²) in [6, 6.07) is 18.4. The van der Waals surface area contributed by atoms with Gasteiger partial charge in [-0.2, -0.15) is 5.10 Å². The van der Waals surface area contributed by atoms with Crippen LogP contribution in [0.15, 0.2) is 70.6 Å². The fourth-order valence-electron chi connectivity index (χ4n) is 2.20. The molecule has 0 saturated heterocycles. The Labute approximate surface area is 138 Å². The number of nitrogens with zero attached hydrogens (tertiary/aromatic N) is 2. The van der Waals surface area contributed by atoms with E-state index in [1.165, 1.54) is 6.07 Å². The molecule has 2 aromatic carbocycles. The molecule has 0 atom stereocenters. The van der Waals surface area contributed by atoms with Gasteiger partial charge in [0, 0.05) is 17.2 Å². The molecule has 120 valence electrons. The third-order valence-corrected chi connectivity index (χ3v) is 3.32. The summed E-state index contributed by atoms with van der Waals surface area (Å²) >= 11 is 0. The first-order valence-electron chi connectivity index (χ1n) is 7.35. The van der Waals surface area contributed by atoms with Crippen molar-refractivity contribution in [3.05, 3.63) is 76.6 Å². The van der Waals surface area contributed by atoms with Gasteiger partial charge >= 0.3 is 0 Å². The molecule has 0 aliphatic rings. The smallest absolute Gasteiger partial charge is 0.252 e. The Kier molecular flexibility index (Phi) is 4.67. The highest BCUT2D eigenvalue weighted by Crippen LogP contribution is 2.16. The third-order valence-electron chi connectivity index (χ3n) is 3.32. The van der Waals surface area contributed by atoms with Crippen molar-refractivity contribution in [2.24, 2.45) is 5.10 Å². The number of anilines is 1. The summed E-state index contributed by atoms with van der Waals surface area (Å²) in [4.78, 5) is 18.8. The Hall–Kier alpha value is -3.41. The van der Waals surface area contributed by atoms with Crippen LogP contribution < -0.4 is 15.7 Å². The number of nitrogens with one attached hydrogen (secondary N) is 2. The van der Waals surface area contributed by atoms with Gasteiger partial charge < -0.3 is 4.74 Å². The van der Waals surface area contributed by atoms with E-state index in [1.807, 2.05) is 54.6 Å². The zero-order chi connectivity index (χ0) is 16.8. The fourth-order valence-corrected chi connectivity index (χ4v) is 2.20. The van der Waals surface area contributed by atoms with Crippen LogP contribution in [-0.2, 0) is 0 Å². The first-order chi connectivity index (χ1) is 11.8. The molecule has 0 unspecified atom stereocenters. The van der Waals surface area contributed by atoms with Crippen molar-refractivity contribution in [1.29, 1.82) is 0 Å². The van der Waals surface area contributed by atoms with Gasteiger partial charge in [0.1, 0.15) is 5.75 Å². The molecule has 24 heavy (non-hydrogen) atoms. The molecule has 0 aliphatic carbocycles. The topological polar surface area (TPSA) is 79.4 Å². The van der Waals surface area contributed by atoms with Crippen molar-refractivity contribution in [2.75, 3.05) is 12.5 Å². The molecule has 3 aromatic rings. The van der Waals surface area contributed by atoms with E-state index >= 15 is 0 Å². The Morgan fingerprint density at radius 1 is 1.12 bits per heavy atom. The van der Waals surface area contributed by atoms with Crippen molar-refractivity contribution in [1.82, 2.24) is 9.97 Å². The molecule has 0 spiro atoms. The summed E-state index contributed by atoms with van der Waals surface area (Å²) in [6.07, 6.45) is 1.61. The predicted molar refractivity (Wildman–Crippen MR) is 94.5 cm³/mol. The van der Waals surface area contributed by atoms with Crippen LogP contribution in [0.2, 0.25) is 0 Å². The first-order valence-corrected chi connectivity index (χ1v) is 7.35.